The molecule has 0 spiro atoms. The van der Waals surface area contributed by atoms with E-state index in [2.05, 4.69) is 4.57 Å². The number of benzene rings is 2. The third kappa shape index (κ3) is 3.08. The van der Waals surface area contributed by atoms with Gasteiger partial charge in [-0.25, -0.2) is 8.42 Å². The zero-order valence-electron chi connectivity index (χ0n) is 13.9. The molecule has 4 nitrogen and oxygen atoms in total. The molecule has 1 aromatic heterocycles. The SMILES string of the molecule is COc1ccc(-n2ccc(C)c2-c2ccc(S(C)(=O)=O)cc2)cc1. The van der Waals surface area contributed by atoms with Gasteiger partial charge in [-0.05, 0) is 60.5 Å². The second kappa shape index (κ2) is 6.17. The van der Waals surface area contributed by atoms with Gasteiger partial charge >= 0.3 is 0 Å². The van der Waals surface area contributed by atoms with Crippen LogP contribution in [0.3, 0.4) is 0 Å². The highest BCUT2D eigenvalue weighted by Gasteiger charge is 2.12. The lowest BCUT2D eigenvalue weighted by molar-refractivity contribution is 0.415. The topological polar surface area (TPSA) is 48.3 Å². The molecule has 0 saturated carbocycles. The van der Waals surface area contributed by atoms with Crippen molar-refractivity contribution in [2.24, 2.45) is 0 Å². The summed E-state index contributed by atoms with van der Waals surface area (Å²) >= 11 is 0. The average molecular weight is 341 g/mol. The predicted octanol–water partition coefficient (Wildman–Crippen LogP) is 3.86. The molecule has 24 heavy (non-hydrogen) atoms. The van der Waals surface area contributed by atoms with Crippen molar-refractivity contribution in [3.63, 3.8) is 0 Å². The predicted molar refractivity (Wildman–Crippen MR) is 95.6 cm³/mol. The standard InChI is InChI=1S/C19H19NO3S/c1-14-12-13-20(16-6-8-17(23-2)9-7-16)19(14)15-4-10-18(11-5-15)24(3,21)22/h4-13H,1-3H3. The van der Waals surface area contributed by atoms with Crippen LogP contribution in [0.25, 0.3) is 16.9 Å². The number of aromatic nitrogens is 1. The molecular weight excluding hydrogens is 322 g/mol. The molecule has 3 aromatic rings. The number of nitrogens with zero attached hydrogens (tertiary/aromatic N) is 1. The molecule has 0 aliphatic carbocycles. The Morgan fingerprint density at radius 3 is 2.08 bits per heavy atom. The van der Waals surface area contributed by atoms with Crippen molar-refractivity contribution in [2.75, 3.05) is 13.4 Å². The van der Waals surface area contributed by atoms with Crippen LogP contribution in [0.15, 0.2) is 65.7 Å². The number of sulfone groups is 1. The monoisotopic (exact) mass is 341 g/mol. The minimum absolute atomic E-state index is 0.325. The minimum atomic E-state index is -3.19. The lowest BCUT2D eigenvalue weighted by Crippen LogP contribution is -1.99. The molecule has 124 valence electrons. The van der Waals surface area contributed by atoms with Gasteiger partial charge in [-0.2, -0.15) is 0 Å². The lowest BCUT2D eigenvalue weighted by atomic mass is 10.1. The van der Waals surface area contributed by atoms with Gasteiger partial charge in [0.15, 0.2) is 9.84 Å². The number of methoxy groups -OCH3 is 1. The van der Waals surface area contributed by atoms with E-state index in [0.717, 1.165) is 28.3 Å². The summed E-state index contributed by atoms with van der Waals surface area (Å²) in [4.78, 5) is 0.325. The van der Waals surface area contributed by atoms with E-state index in [4.69, 9.17) is 4.74 Å². The quantitative estimate of drug-likeness (QED) is 0.724. The van der Waals surface area contributed by atoms with Crippen molar-refractivity contribution < 1.29 is 13.2 Å². The largest absolute Gasteiger partial charge is 0.497 e. The Balaban J connectivity index is 2.07. The van der Waals surface area contributed by atoms with Crippen LogP contribution in [-0.2, 0) is 9.84 Å². The highest BCUT2D eigenvalue weighted by molar-refractivity contribution is 7.90. The first-order chi connectivity index (χ1) is 11.4. The van der Waals surface area contributed by atoms with Gasteiger partial charge in [0.25, 0.3) is 0 Å². The lowest BCUT2D eigenvalue weighted by Gasteiger charge is -2.12. The molecule has 0 N–H and O–H groups in total. The molecule has 0 atom stereocenters. The Bertz CT molecular complexity index is 953. The van der Waals surface area contributed by atoms with E-state index >= 15 is 0 Å². The maximum Gasteiger partial charge on any atom is 0.175 e. The normalized spacial score (nSPS) is 11.5. The second-order valence-electron chi connectivity index (χ2n) is 5.71. The van der Waals surface area contributed by atoms with E-state index in [1.54, 1.807) is 19.2 Å². The van der Waals surface area contributed by atoms with Crippen LogP contribution in [0.5, 0.6) is 5.75 Å². The molecule has 0 bridgehead atoms. The van der Waals surface area contributed by atoms with E-state index in [1.807, 2.05) is 55.6 Å². The molecule has 5 heteroatoms. The molecule has 0 radical (unpaired) electrons. The first-order valence-electron chi connectivity index (χ1n) is 7.53. The fourth-order valence-corrected chi connectivity index (χ4v) is 3.35. The van der Waals surface area contributed by atoms with Crippen LogP contribution in [-0.4, -0.2) is 26.4 Å². The Kier molecular flexibility index (Phi) is 4.20. The van der Waals surface area contributed by atoms with Crippen molar-refractivity contribution in [1.82, 2.24) is 4.57 Å². The third-order valence-corrected chi connectivity index (χ3v) is 5.12. The first-order valence-corrected chi connectivity index (χ1v) is 9.42. The maximum atomic E-state index is 11.6. The summed E-state index contributed by atoms with van der Waals surface area (Å²) in [6.07, 6.45) is 3.23. The first kappa shape index (κ1) is 16.3. The van der Waals surface area contributed by atoms with Gasteiger partial charge < -0.3 is 9.30 Å². The van der Waals surface area contributed by atoms with Crippen LogP contribution < -0.4 is 4.74 Å². The Morgan fingerprint density at radius 2 is 1.54 bits per heavy atom. The highest BCUT2D eigenvalue weighted by atomic mass is 32.2. The van der Waals surface area contributed by atoms with Crippen molar-refractivity contribution in [1.29, 1.82) is 0 Å². The van der Waals surface area contributed by atoms with Crippen molar-refractivity contribution in [3.05, 3.63) is 66.4 Å². The zero-order valence-corrected chi connectivity index (χ0v) is 14.7. The van der Waals surface area contributed by atoms with E-state index in [9.17, 15) is 8.42 Å². The molecule has 3 rings (SSSR count). The fraction of sp³-hybridized carbons (Fsp3) is 0.158. The van der Waals surface area contributed by atoms with Crippen molar-refractivity contribution in [3.8, 4) is 22.7 Å². The average Bonchev–Trinajstić information content (AvgIpc) is 2.96. The van der Waals surface area contributed by atoms with Gasteiger partial charge in [-0.1, -0.05) is 12.1 Å². The van der Waals surface area contributed by atoms with Gasteiger partial charge in [0, 0.05) is 18.1 Å². The molecule has 0 amide bonds. The number of rotatable bonds is 4. The fourth-order valence-electron chi connectivity index (χ4n) is 2.71. The van der Waals surface area contributed by atoms with Gasteiger partial charge in [0.2, 0.25) is 0 Å². The summed E-state index contributed by atoms with van der Waals surface area (Å²) in [7, 11) is -1.55. The zero-order chi connectivity index (χ0) is 17.3. The highest BCUT2D eigenvalue weighted by Crippen LogP contribution is 2.29. The maximum absolute atomic E-state index is 11.6. The van der Waals surface area contributed by atoms with Crippen LogP contribution in [0.1, 0.15) is 5.56 Å². The van der Waals surface area contributed by atoms with Crippen LogP contribution in [0.2, 0.25) is 0 Å². The molecule has 0 aliphatic rings. The minimum Gasteiger partial charge on any atom is -0.497 e. The molecule has 0 saturated heterocycles. The van der Waals surface area contributed by atoms with Crippen LogP contribution in [0.4, 0.5) is 0 Å². The Morgan fingerprint density at radius 1 is 0.917 bits per heavy atom. The van der Waals surface area contributed by atoms with Gasteiger partial charge in [0.05, 0.1) is 17.7 Å². The molecular formula is C19H19NO3S. The number of aryl methyl sites for hydroxylation is 1. The van der Waals surface area contributed by atoms with E-state index in [1.165, 1.54) is 6.26 Å². The Hall–Kier alpha value is -2.53. The smallest absolute Gasteiger partial charge is 0.175 e. The molecule has 1 heterocycles. The molecule has 0 fully saturated rings. The third-order valence-electron chi connectivity index (χ3n) is 3.99. The van der Waals surface area contributed by atoms with E-state index < -0.39 is 9.84 Å². The number of hydrogen-bond donors (Lipinski definition) is 0. The molecule has 0 unspecified atom stereocenters. The van der Waals surface area contributed by atoms with E-state index in [0.29, 0.717) is 4.90 Å². The molecule has 2 aromatic carbocycles. The van der Waals surface area contributed by atoms with Crippen LogP contribution >= 0.6 is 0 Å². The van der Waals surface area contributed by atoms with Crippen molar-refractivity contribution >= 4 is 9.84 Å². The number of ether oxygens (including phenoxy) is 1. The summed E-state index contributed by atoms with van der Waals surface area (Å²) in [5.41, 5.74) is 4.16. The van der Waals surface area contributed by atoms with Crippen LogP contribution in [0, 0.1) is 6.92 Å². The van der Waals surface area contributed by atoms with Gasteiger partial charge in [-0.15, -0.1) is 0 Å². The summed E-state index contributed by atoms with van der Waals surface area (Å²) in [6, 6.07) is 16.9. The summed E-state index contributed by atoms with van der Waals surface area (Å²) in [5.74, 6) is 0.807. The second-order valence-corrected chi connectivity index (χ2v) is 7.73. The number of hydrogen-bond acceptors (Lipinski definition) is 3. The van der Waals surface area contributed by atoms with Gasteiger partial charge in [0.1, 0.15) is 5.75 Å². The molecule has 0 aliphatic heterocycles. The summed E-state index contributed by atoms with van der Waals surface area (Å²) in [6.45, 7) is 2.04. The summed E-state index contributed by atoms with van der Waals surface area (Å²) < 4.78 is 30.6. The summed E-state index contributed by atoms with van der Waals surface area (Å²) in [5, 5.41) is 0. The van der Waals surface area contributed by atoms with E-state index in [-0.39, 0.29) is 0 Å². The Labute approximate surface area is 142 Å². The van der Waals surface area contributed by atoms with Crippen molar-refractivity contribution in [2.45, 2.75) is 11.8 Å². The van der Waals surface area contributed by atoms with Gasteiger partial charge in [-0.3, -0.25) is 0 Å².